The maximum Gasteiger partial charge on any atom is 0.586 e. The summed E-state index contributed by atoms with van der Waals surface area (Å²) in [5.74, 6) is -1.03. The summed E-state index contributed by atoms with van der Waals surface area (Å²) in [6.45, 7) is 0.687. The molecule has 3 aliphatic rings. The van der Waals surface area contributed by atoms with Crippen molar-refractivity contribution in [3.8, 4) is 23.0 Å². The highest BCUT2D eigenvalue weighted by atomic mass is 19.3. The number of fused-ring (bicyclic) bond motifs is 5. The van der Waals surface area contributed by atoms with E-state index in [2.05, 4.69) is 15.0 Å². The minimum atomic E-state index is -3.82. The average molecular weight is 603 g/mol. The van der Waals surface area contributed by atoms with E-state index in [1.807, 2.05) is 11.0 Å². The van der Waals surface area contributed by atoms with Crippen molar-refractivity contribution in [2.75, 3.05) is 32.6 Å². The molecular formula is C29H30F4N6O4. The summed E-state index contributed by atoms with van der Waals surface area (Å²) in [6.07, 6.45) is -1.25. The smallest absolute Gasteiger partial charge is 0.497 e. The minimum Gasteiger partial charge on any atom is -0.497 e. The van der Waals surface area contributed by atoms with Gasteiger partial charge in [0, 0.05) is 41.9 Å². The molecule has 2 aromatic carbocycles. The fraction of sp³-hybridized carbons (Fsp3) is 0.483. The first-order chi connectivity index (χ1) is 20.6. The zero-order chi connectivity index (χ0) is 29.9. The van der Waals surface area contributed by atoms with E-state index >= 15 is 0 Å². The van der Waals surface area contributed by atoms with Crippen LogP contribution in [0, 0.1) is 0 Å². The molecule has 0 radical (unpaired) electrons. The summed E-state index contributed by atoms with van der Waals surface area (Å²) in [5, 5.41) is 8.50. The summed E-state index contributed by atoms with van der Waals surface area (Å²) in [7, 11) is 3.11. The van der Waals surface area contributed by atoms with E-state index in [0.29, 0.717) is 47.7 Å². The molecular weight excluding hydrogens is 572 g/mol. The minimum absolute atomic E-state index is 0.0221. The first-order valence-electron chi connectivity index (χ1n) is 14.2. The van der Waals surface area contributed by atoms with Crippen molar-refractivity contribution in [2.45, 2.75) is 62.8 Å². The van der Waals surface area contributed by atoms with Gasteiger partial charge in [-0.2, -0.15) is 4.52 Å². The molecule has 4 heterocycles. The van der Waals surface area contributed by atoms with Crippen LogP contribution < -0.4 is 24.3 Å². The van der Waals surface area contributed by atoms with Gasteiger partial charge >= 0.3 is 6.29 Å². The second-order valence-electron chi connectivity index (χ2n) is 11.2. The quantitative estimate of drug-likeness (QED) is 0.272. The van der Waals surface area contributed by atoms with Crippen LogP contribution in [0.2, 0.25) is 0 Å². The predicted octanol–water partition coefficient (Wildman–Crippen LogP) is 5.60. The third-order valence-corrected chi connectivity index (χ3v) is 8.47. The Hall–Kier alpha value is -4.07. The van der Waals surface area contributed by atoms with Gasteiger partial charge in [-0.05, 0) is 56.5 Å². The van der Waals surface area contributed by atoms with Gasteiger partial charge in [-0.3, -0.25) is 4.90 Å². The van der Waals surface area contributed by atoms with E-state index < -0.39 is 12.2 Å². The fourth-order valence-corrected chi connectivity index (χ4v) is 6.39. The molecule has 0 spiro atoms. The largest absolute Gasteiger partial charge is 0.586 e. The molecule has 14 heteroatoms. The Morgan fingerprint density at radius 1 is 1.05 bits per heavy atom. The number of nitrogens with one attached hydrogen (secondary N) is 1. The molecule has 1 N–H and O–H groups in total. The number of anilines is 1. The Labute approximate surface area is 243 Å². The Bertz CT molecular complexity index is 1700. The van der Waals surface area contributed by atoms with Gasteiger partial charge in [0.2, 0.25) is 5.95 Å². The van der Waals surface area contributed by atoms with E-state index in [4.69, 9.17) is 24.3 Å². The number of hydrogen-bond donors (Lipinski definition) is 1. The molecule has 4 aromatic rings. The number of aromatic nitrogens is 4. The van der Waals surface area contributed by atoms with Crippen LogP contribution in [0.15, 0.2) is 30.3 Å². The summed E-state index contributed by atoms with van der Waals surface area (Å²) < 4.78 is 78.2. The molecule has 228 valence electrons. The maximum absolute atomic E-state index is 14.1. The van der Waals surface area contributed by atoms with Gasteiger partial charge in [0.25, 0.3) is 5.92 Å². The van der Waals surface area contributed by atoms with Crippen LogP contribution in [0.1, 0.15) is 49.4 Å². The van der Waals surface area contributed by atoms with Crippen molar-refractivity contribution in [3.63, 3.8) is 0 Å². The number of benzene rings is 2. The fourth-order valence-electron chi connectivity index (χ4n) is 6.39. The van der Waals surface area contributed by atoms with Crippen LogP contribution >= 0.6 is 0 Å². The van der Waals surface area contributed by atoms with Gasteiger partial charge in [0.15, 0.2) is 23.0 Å². The lowest BCUT2D eigenvalue weighted by molar-refractivity contribution is -0.286. The summed E-state index contributed by atoms with van der Waals surface area (Å²) in [4.78, 5) is 11.4. The van der Waals surface area contributed by atoms with Gasteiger partial charge in [-0.1, -0.05) is 0 Å². The third-order valence-electron chi connectivity index (χ3n) is 8.47. The van der Waals surface area contributed by atoms with Gasteiger partial charge in [-0.15, -0.1) is 13.9 Å². The molecule has 0 unspecified atom stereocenters. The number of halogens is 4. The normalized spacial score (nSPS) is 22.7. The van der Waals surface area contributed by atoms with Crippen LogP contribution in [0.5, 0.6) is 23.0 Å². The van der Waals surface area contributed by atoms with Gasteiger partial charge < -0.3 is 24.3 Å². The number of likely N-dealkylation sites (tertiary alicyclic amines) is 1. The molecule has 0 amide bonds. The first kappa shape index (κ1) is 27.7. The van der Waals surface area contributed by atoms with Crippen molar-refractivity contribution < 1.29 is 36.5 Å². The summed E-state index contributed by atoms with van der Waals surface area (Å²) in [5.41, 5.74) is 1.34. The lowest BCUT2D eigenvalue weighted by Crippen LogP contribution is -2.46. The standard InChI is InChI=1S/C29H30F4N6O4/c1-40-19-7-5-17(22(13-19)41-2)14-34-27-35-23-20(8-9-21-24(23)43-29(32,33)42-21)26-36-25(37-39(26)27)16-4-6-18(12-16)38-11-3-10-28(30,31)15-38/h5,7-9,13,16,18H,3-4,6,10-12,14-15H2,1-2H3,(H,34,35)/t16-,18+/m0/s1. The lowest BCUT2D eigenvalue weighted by Gasteiger charge is -2.36. The SMILES string of the molecule is COc1ccc(CNc2nc3c4c(ccc3c3nc([C@H]5CC[C@@H](N6CCCC(F)(F)C6)C5)nn23)OC(F)(F)O4)c(OC)c1. The number of ether oxygens (including phenoxy) is 4. The number of hydrogen-bond acceptors (Lipinski definition) is 9. The van der Waals surface area contributed by atoms with Crippen molar-refractivity contribution in [2.24, 2.45) is 0 Å². The second kappa shape index (κ2) is 10.3. The molecule has 2 aromatic heterocycles. The molecule has 10 nitrogen and oxygen atoms in total. The molecule has 2 atom stereocenters. The van der Waals surface area contributed by atoms with Crippen molar-refractivity contribution in [1.29, 1.82) is 0 Å². The number of alkyl halides is 4. The van der Waals surface area contributed by atoms with E-state index in [1.54, 1.807) is 36.9 Å². The molecule has 0 bridgehead atoms. The Morgan fingerprint density at radius 2 is 1.91 bits per heavy atom. The molecule has 7 rings (SSSR count). The van der Waals surface area contributed by atoms with Crippen LogP contribution in [0.3, 0.4) is 0 Å². The van der Waals surface area contributed by atoms with Gasteiger partial charge in [0.05, 0.1) is 20.8 Å². The molecule has 43 heavy (non-hydrogen) atoms. The Kier molecular flexibility index (Phi) is 6.63. The highest BCUT2D eigenvalue weighted by Gasteiger charge is 2.45. The topological polar surface area (TPSA) is 95.3 Å². The highest BCUT2D eigenvalue weighted by Crippen LogP contribution is 2.46. The Morgan fingerprint density at radius 3 is 2.70 bits per heavy atom. The molecule has 1 saturated heterocycles. The molecule has 1 saturated carbocycles. The van der Waals surface area contributed by atoms with Crippen LogP contribution in [-0.4, -0.2) is 70.1 Å². The van der Waals surface area contributed by atoms with E-state index in [1.165, 1.54) is 6.07 Å². The number of piperidine rings is 1. The van der Waals surface area contributed by atoms with E-state index in [0.717, 1.165) is 18.4 Å². The summed E-state index contributed by atoms with van der Waals surface area (Å²) in [6, 6.07) is 8.41. The van der Waals surface area contributed by atoms with Crippen LogP contribution in [0.4, 0.5) is 23.5 Å². The number of nitrogens with zero attached hydrogens (tertiary/aromatic N) is 5. The highest BCUT2D eigenvalue weighted by molar-refractivity contribution is 5.97. The Balaban J connectivity index is 1.25. The van der Waals surface area contributed by atoms with Crippen molar-refractivity contribution in [3.05, 3.63) is 41.7 Å². The third kappa shape index (κ3) is 5.11. The number of rotatable bonds is 7. The number of methoxy groups -OCH3 is 2. The van der Waals surface area contributed by atoms with Crippen molar-refractivity contribution in [1.82, 2.24) is 24.5 Å². The lowest BCUT2D eigenvalue weighted by atomic mass is 10.0. The van der Waals surface area contributed by atoms with E-state index in [-0.39, 0.29) is 54.4 Å². The zero-order valence-corrected chi connectivity index (χ0v) is 23.6. The zero-order valence-electron chi connectivity index (χ0n) is 23.6. The molecule has 2 fully saturated rings. The van der Waals surface area contributed by atoms with Gasteiger partial charge in [0.1, 0.15) is 17.0 Å². The molecule has 1 aliphatic carbocycles. The average Bonchev–Trinajstić information content (AvgIpc) is 3.71. The molecule has 2 aliphatic heterocycles. The summed E-state index contributed by atoms with van der Waals surface area (Å²) >= 11 is 0. The first-order valence-corrected chi connectivity index (χ1v) is 14.2. The monoisotopic (exact) mass is 602 g/mol. The van der Waals surface area contributed by atoms with E-state index in [9.17, 15) is 17.6 Å². The van der Waals surface area contributed by atoms with Crippen molar-refractivity contribution >= 4 is 22.5 Å². The van der Waals surface area contributed by atoms with Crippen LogP contribution in [0.25, 0.3) is 16.6 Å². The predicted molar refractivity (Wildman–Crippen MR) is 147 cm³/mol. The van der Waals surface area contributed by atoms with Gasteiger partial charge in [-0.25, -0.2) is 18.7 Å². The maximum atomic E-state index is 14.1. The second-order valence-corrected chi connectivity index (χ2v) is 11.2. The van der Waals surface area contributed by atoms with Crippen LogP contribution in [-0.2, 0) is 6.54 Å².